The molecule has 0 radical (unpaired) electrons. The van der Waals surface area contributed by atoms with Crippen LogP contribution in [0.4, 0.5) is 5.69 Å². The topological polar surface area (TPSA) is 12.4 Å². The third-order valence-corrected chi connectivity index (χ3v) is 4.10. The summed E-state index contributed by atoms with van der Waals surface area (Å²) in [6.07, 6.45) is 2.16. The normalized spacial score (nSPS) is 15.7. The molecular formula is C18H15N. The van der Waals surface area contributed by atoms with E-state index in [9.17, 15) is 0 Å². The van der Waals surface area contributed by atoms with Gasteiger partial charge >= 0.3 is 0 Å². The summed E-state index contributed by atoms with van der Waals surface area (Å²) in [5.41, 5.74) is 9.23. The first-order valence-electron chi connectivity index (χ1n) is 6.87. The number of hydrogen-bond acceptors (Lipinski definition) is 1. The van der Waals surface area contributed by atoms with E-state index in [2.05, 4.69) is 55.5 Å². The average Bonchev–Trinajstić information content (AvgIpc) is 2.86. The van der Waals surface area contributed by atoms with Crippen LogP contribution in [0.15, 0.2) is 59.1 Å². The molecule has 1 aliphatic heterocycles. The van der Waals surface area contributed by atoms with E-state index in [1.807, 2.05) is 0 Å². The van der Waals surface area contributed by atoms with Crippen molar-refractivity contribution in [3.8, 4) is 0 Å². The summed E-state index contributed by atoms with van der Waals surface area (Å²) in [6.45, 7) is 2.24. The maximum Gasteiger partial charge on any atom is 0.0791 e. The summed E-state index contributed by atoms with van der Waals surface area (Å²) in [6, 6.07) is 17.2. The molecule has 2 aromatic rings. The molecule has 1 heteroatoms. The minimum absolute atomic E-state index is 1.06. The van der Waals surface area contributed by atoms with Gasteiger partial charge in [0.2, 0.25) is 0 Å². The van der Waals surface area contributed by atoms with Crippen LogP contribution in [0, 0.1) is 0 Å². The number of nitrogens with zero attached hydrogens (tertiary/aromatic N) is 1. The van der Waals surface area contributed by atoms with Crippen molar-refractivity contribution >= 4 is 17.0 Å². The fourth-order valence-corrected chi connectivity index (χ4v) is 3.16. The van der Waals surface area contributed by atoms with Gasteiger partial charge in [0.15, 0.2) is 0 Å². The Morgan fingerprint density at radius 1 is 0.947 bits per heavy atom. The van der Waals surface area contributed by atoms with Gasteiger partial charge in [-0.1, -0.05) is 55.0 Å². The van der Waals surface area contributed by atoms with Crippen molar-refractivity contribution in [2.45, 2.75) is 19.8 Å². The summed E-state index contributed by atoms with van der Waals surface area (Å²) < 4.78 is 0. The molecule has 2 aliphatic rings. The lowest BCUT2D eigenvalue weighted by Crippen LogP contribution is -2.13. The zero-order valence-electron chi connectivity index (χ0n) is 11.0. The molecule has 2 aromatic carbocycles. The Labute approximate surface area is 113 Å². The van der Waals surface area contributed by atoms with Gasteiger partial charge in [-0.2, -0.15) is 0 Å². The van der Waals surface area contributed by atoms with E-state index in [0.717, 1.165) is 18.5 Å². The van der Waals surface area contributed by atoms with E-state index in [1.165, 1.54) is 33.5 Å². The lowest BCUT2D eigenvalue weighted by atomic mass is 9.82. The molecule has 0 spiro atoms. The summed E-state index contributed by atoms with van der Waals surface area (Å²) in [7, 11) is 0. The smallest absolute Gasteiger partial charge is 0.0791 e. The van der Waals surface area contributed by atoms with Crippen LogP contribution in [-0.4, -0.2) is 5.71 Å². The Hall–Kier alpha value is -2.15. The van der Waals surface area contributed by atoms with Crippen LogP contribution in [0.5, 0.6) is 0 Å². The average molecular weight is 245 g/mol. The van der Waals surface area contributed by atoms with Gasteiger partial charge in [0, 0.05) is 16.7 Å². The van der Waals surface area contributed by atoms with Crippen LogP contribution in [0.25, 0.3) is 5.57 Å². The molecule has 19 heavy (non-hydrogen) atoms. The molecule has 92 valence electrons. The largest absolute Gasteiger partial charge is 0.247 e. The first-order valence-corrected chi connectivity index (χ1v) is 6.87. The van der Waals surface area contributed by atoms with Gasteiger partial charge in [-0.15, -0.1) is 0 Å². The molecule has 0 unspecified atom stereocenters. The minimum Gasteiger partial charge on any atom is -0.247 e. The molecule has 0 aromatic heterocycles. The number of hydrogen-bond donors (Lipinski definition) is 0. The van der Waals surface area contributed by atoms with Crippen LogP contribution in [0.2, 0.25) is 0 Å². The Morgan fingerprint density at radius 2 is 1.68 bits per heavy atom. The quantitative estimate of drug-likeness (QED) is 0.699. The Balaban J connectivity index is 2.03. The maximum atomic E-state index is 4.87. The van der Waals surface area contributed by atoms with E-state index < -0.39 is 0 Å². The zero-order chi connectivity index (χ0) is 12.8. The van der Waals surface area contributed by atoms with Crippen molar-refractivity contribution < 1.29 is 0 Å². The second kappa shape index (κ2) is 3.92. The number of para-hydroxylation sites is 1. The summed E-state index contributed by atoms with van der Waals surface area (Å²) in [4.78, 5) is 4.87. The van der Waals surface area contributed by atoms with Crippen molar-refractivity contribution in [2.75, 3.05) is 0 Å². The van der Waals surface area contributed by atoms with Crippen LogP contribution in [0.3, 0.4) is 0 Å². The van der Waals surface area contributed by atoms with E-state index in [1.54, 1.807) is 0 Å². The van der Waals surface area contributed by atoms with Crippen molar-refractivity contribution in [1.29, 1.82) is 0 Å². The fraction of sp³-hybridized carbons (Fsp3) is 0.167. The monoisotopic (exact) mass is 245 g/mol. The highest BCUT2D eigenvalue weighted by atomic mass is 14.8. The highest BCUT2D eigenvalue weighted by Gasteiger charge is 2.29. The summed E-state index contributed by atoms with van der Waals surface area (Å²) in [5.74, 6) is 0. The Bertz CT molecular complexity index is 735. The molecule has 0 saturated carbocycles. The molecule has 0 atom stereocenters. The minimum atomic E-state index is 1.06. The number of rotatable bonds is 1. The van der Waals surface area contributed by atoms with Crippen molar-refractivity contribution in [2.24, 2.45) is 4.99 Å². The highest BCUT2D eigenvalue weighted by Crippen LogP contribution is 2.43. The third-order valence-electron chi connectivity index (χ3n) is 4.10. The second-order valence-corrected chi connectivity index (χ2v) is 5.14. The van der Waals surface area contributed by atoms with Gasteiger partial charge in [0.25, 0.3) is 0 Å². The van der Waals surface area contributed by atoms with Crippen LogP contribution in [0.1, 0.15) is 30.0 Å². The predicted molar refractivity (Wildman–Crippen MR) is 80.0 cm³/mol. The molecule has 1 heterocycles. The van der Waals surface area contributed by atoms with Gasteiger partial charge in [-0.05, 0) is 24.5 Å². The molecule has 0 saturated heterocycles. The fourth-order valence-electron chi connectivity index (χ4n) is 3.16. The second-order valence-electron chi connectivity index (χ2n) is 5.14. The van der Waals surface area contributed by atoms with E-state index in [-0.39, 0.29) is 0 Å². The van der Waals surface area contributed by atoms with Crippen molar-refractivity contribution in [3.05, 3.63) is 70.8 Å². The number of fused-ring (bicyclic) bond motifs is 5. The van der Waals surface area contributed by atoms with Gasteiger partial charge in [-0.25, -0.2) is 4.99 Å². The lowest BCUT2D eigenvalue weighted by molar-refractivity contribution is 1.00. The van der Waals surface area contributed by atoms with Gasteiger partial charge in [-0.3, -0.25) is 0 Å². The van der Waals surface area contributed by atoms with E-state index in [0.29, 0.717) is 0 Å². The first kappa shape index (κ1) is 10.7. The van der Waals surface area contributed by atoms with Crippen LogP contribution < -0.4 is 0 Å². The third kappa shape index (κ3) is 1.45. The highest BCUT2D eigenvalue weighted by molar-refractivity contribution is 6.37. The number of aliphatic imine (C=N–C) groups is 1. The van der Waals surface area contributed by atoms with Gasteiger partial charge in [0.1, 0.15) is 0 Å². The standard InChI is InChI=1S/C18H15N/c1-2-12-11-13-7-3-4-8-14(13)18-17(12)15-9-5-6-10-16(15)19-18/h3-10H,2,11H2,1H3. The van der Waals surface area contributed by atoms with Crippen LogP contribution in [-0.2, 0) is 6.42 Å². The molecule has 0 N–H and O–H groups in total. The number of allylic oxidation sites excluding steroid dienone is 2. The molecule has 0 amide bonds. The predicted octanol–water partition coefficient (Wildman–Crippen LogP) is 4.54. The zero-order valence-corrected chi connectivity index (χ0v) is 11.0. The Kier molecular flexibility index (Phi) is 2.22. The Morgan fingerprint density at radius 3 is 2.53 bits per heavy atom. The molecular weight excluding hydrogens is 230 g/mol. The molecule has 1 nitrogen and oxygen atoms in total. The maximum absolute atomic E-state index is 4.87. The van der Waals surface area contributed by atoms with Crippen molar-refractivity contribution in [1.82, 2.24) is 0 Å². The summed E-state index contributed by atoms with van der Waals surface area (Å²) >= 11 is 0. The SMILES string of the molecule is CCC1=C2C(=Nc3ccccc32)c2ccccc2C1. The lowest BCUT2D eigenvalue weighted by Gasteiger charge is -2.21. The number of benzene rings is 2. The molecule has 0 bridgehead atoms. The molecule has 4 rings (SSSR count). The molecule has 0 fully saturated rings. The van der Waals surface area contributed by atoms with Crippen LogP contribution >= 0.6 is 0 Å². The van der Waals surface area contributed by atoms with Crippen molar-refractivity contribution in [3.63, 3.8) is 0 Å². The van der Waals surface area contributed by atoms with E-state index in [4.69, 9.17) is 4.99 Å². The molecule has 1 aliphatic carbocycles. The van der Waals surface area contributed by atoms with E-state index >= 15 is 0 Å². The van der Waals surface area contributed by atoms with Gasteiger partial charge in [0.05, 0.1) is 11.4 Å². The van der Waals surface area contributed by atoms with Gasteiger partial charge < -0.3 is 0 Å². The first-order chi connectivity index (χ1) is 9.38. The summed E-state index contributed by atoms with van der Waals surface area (Å²) in [5, 5.41) is 0.